The summed E-state index contributed by atoms with van der Waals surface area (Å²) in [4.78, 5) is 10.7. The van der Waals surface area contributed by atoms with Crippen molar-refractivity contribution in [2.24, 2.45) is 7.05 Å². The van der Waals surface area contributed by atoms with Gasteiger partial charge >= 0.3 is 0 Å². The van der Waals surface area contributed by atoms with E-state index >= 15 is 0 Å². The highest BCUT2D eigenvalue weighted by atomic mass is 16.6. The Labute approximate surface area is 109 Å². The van der Waals surface area contributed by atoms with Crippen molar-refractivity contribution in [3.63, 3.8) is 0 Å². The number of nitrogens with zero attached hydrogens (tertiary/aromatic N) is 3. The van der Waals surface area contributed by atoms with Crippen molar-refractivity contribution in [3.05, 3.63) is 34.0 Å². The van der Waals surface area contributed by atoms with Gasteiger partial charge in [0.15, 0.2) is 0 Å². The summed E-state index contributed by atoms with van der Waals surface area (Å²) >= 11 is 0. The van der Waals surface area contributed by atoms with Gasteiger partial charge in [0.1, 0.15) is 11.6 Å². The summed E-state index contributed by atoms with van der Waals surface area (Å²) in [6.07, 6.45) is 0. The predicted octanol–water partition coefficient (Wildman–Crippen LogP) is 1.89. The number of methoxy groups -OCH3 is 1. The first kappa shape index (κ1) is 12.9. The first-order valence-corrected chi connectivity index (χ1v) is 5.57. The standard InChI is InChI=1S/C12H14N4O3/c1-7-11(12(13)15(2)14-7)9-5-4-8(19-3)6-10(9)16(17)18/h4-6H,13H2,1-3H3. The maximum atomic E-state index is 11.2. The van der Waals surface area contributed by atoms with E-state index in [1.807, 2.05) is 0 Å². The molecule has 0 atom stereocenters. The zero-order valence-electron chi connectivity index (χ0n) is 10.9. The molecule has 1 aromatic carbocycles. The number of aromatic nitrogens is 2. The monoisotopic (exact) mass is 262 g/mol. The molecule has 0 aliphatic heterocycles. The summed E-state index contributed by atoms with van der Waals surface area (Å²) in [5, 5.41) is 15.3. The van der Waals surface area contributed by atoms with E-state index in [1.54, 1.807) is 26.1 Å². The van der Waals surface area contributed by atoms with Crippen LogP contribution in [0.15, 0.2) is 18.2 Å². The molecule has 0 amide bonds. The van der Waals surface area contributed by atoms with Crippen molar-refractivity contribution in [2.45, 2.75) is 6.92 Å². The van der Waals surface area contributed by atoms with Gasteiger partial charge in [0, 0.05) is 7.05 Å². The second kappa shape index (κ2) is 4.60. The molecule has 100 valence electrons. The maximum absolute atomic E-state index is 11.2. The molecule has 0 bridgehead atoms. The summed E-state index contributed by atoms with van der Waals surface area (Å²) in [7, 11) is 3.16. The van der Waals surface area contributed by atoms with Gasteiger partial charge in [-0.15, -0.1) is 0 Å². The van der Waals surface area contributed by atoms with E-state index in [4.69, 9.17) is 10.5 Å². The number of nitrogens with two attached hydrogens (primary N) is 1. The highest BCUT2D eigenvalue weighted by molar-refractivity contribution is 5.83. The van der Waals surface area contributed by atoms with Crippen LogP contribution in [0.1, 0.15) is 5.69 Å². The largest absolute Gasteiger partial charge is 0.497 e. The van der Waals surface area contributed by atoms with Crippen molar-refractivity contribution in [1.82, 2.24) is 9.78 Å². The lowest BCUT2D eigenvalue weighted by Gasteiger charge is -2.06. The molecule has 0 radical (unpaired) electrons. The fraction of sp³-hybridized carbons (Fsp3) is 0.250. The van der Waals surface area contributed by atoms with E-state index in [0.717, 1.165) is 0 Å². The zero-order chi connectivity index (χ0) is 14.2. The summed E-state index contributed by atoms with van der Waals surface area (Å²) in [5.74, 6) is 0.821. The zero-order valence-corrected chi connectivity index (χ0v) is 10.9. The van der Waals surface area contributed by atoms with Crippen LogP contribution in [0.5, 0.6) is 5.75 Å². The van der Waals surface area contributed by atoms with Crippen molar-refractivity contribution < 1.29 is 9.66 Å². The van der Waals surface area contributed by atoms with Gasteiger partial charge in [0.25, 0.3) is 5.69 Å². The maximum Gasteiger partial charge on any atom is 0.281 e. The third-order valence-corrected chi connectivity index (χ3v) is 2.94. The van der Waals surface area contributed by atoms with Crippen molar-refractivity contribution in [2.75, 3.05) is 12.8 Å². The molecule has 1 aromatic heterocycles. The molecule has 1 heterocycles. The Morgan fingerprint density at radius 1 is 1.47 bits per heavy atom. The molecule has 7 nitrogen and oxygen atoms in total. The van der Waals surface area contributed by atoms with Crippen LogP contribution in [0.3, 0.4) is 0 Å². The predicted molar refractivity (Wildman–Crippen MR) is 71.0 cm³/mol. The first-order chi connectivity index (χ1) is 8.95. The van der Waals surface area contributed by atoms with E-state index in [0.29, 0.717) is 28.4 Å². The number of rotatable bonds is 3. The molecule has 0 saturated heterocycles. The van der Waals surface area contributed by atoms with Gasteiger partial charge in [-0.1, -0.05) is 0 Å². The smallest absolute Gasteiger partial charge is 0.281 e. The van der Waals surface area contributed by atoms with Crippen LogP contribution >= 0.6 is 0 Å². The van der Waals surface area contributed by atoms with Crippen LogP contribution in [0.4, 0.5) is 11.5 Å². The Morgan fingerprint density at radius 3 is 2.63 bits per heavy atom. The molecular formula is C12H14N4O3. The number of anilines is 1. The van der Waals surface area contributed by atoms with Crippen molar-refractivity contribution in [1.29, 1.82) is 0 Å². The number of hydrogen-bond acceptors (Lipinski definition) is 5. The van der Waals surface area contributed by atoms with E-state index in [-0.39, 0.29) is 5.69 Å². The number of hydrogen-bond donors (Lipinski definition) is 1. The van der Waals surface area contributed by atoms with Crippen LogP contribution in [0.2, 0.25) is 0 Å². The number of benzene rings is 1. The number of nitro benzene ring substituents is 1. The molecule has 0 aliphatic rings. The third-order valence-electron chi connectivity index (χ3n) is 2.94. The number of ether oxygens (including phenoxy) is 1. The normalized spacial score (nSPS) is 10.5. The van der Waals surface area contributed by atoms with E-state index in [1.165, 1.54) is 17.9 Å². The first-order valence-electron chi connectivity index (χ1n) is 5.57. The van der Waals surface area contributed by atoms with Crippen LogP contribution in [0.25, 0.3) is 11.1 Å². The minimum Gasteiger partial charge on any atom is -0.497 e. The summed E-state index contributed by atoms with van der Waals surface area (Å²) in [6, 6.07) is 4.66. The van der Waals surface area contributed by atoms with Gasteiger partial charge in [0.05, 0.1) is 34.9 Å². The average molecular weight is 262 g/mol. The van der Waals surface area contributed by atoms with Crippen LogP contribution in [-0.4, -0.2) is 21.8 Å². The fourth-order valence-corrected chi connectivity index (χ4v) is 2.01. The molecule has 2 aromatic rings. The molecule has 0 aliphatic carbocycles. The van der Waals surface area contributed by atoms with Gasteiger partial charge in [-0.2, -0.15) is 5.10 Å². The summed E-state index contributed by atoms with van der Waals surface area (Å²) in [6.45, 7) is 1.76. The minimum absolute atomic E-state index is 0.0536. The van der Waals surface area contributed by atoms with E-state index in [2.05, 4.69) is 5.10 Å². The molecule has 0 saturated carbocycles. The Kier molecular flexibility index (Phi) is 3.12. The Hall–Kier alpha value is -2.57. The lowest BCUT2D eigenvalue weighted by Crippen LogP contribution is -1.99. The molecule has 0 fully saturated rings. The van der Waals surface area contributed by atoms with Gasteiger partial charge in [-0.05, 0) is 19.1 Å². The second-order valence-electron chi connectivity index (χ2n) is 4.11. The Balaban J connectivity index is 2.71. The molecule has 0 unspecified atom stereocenters. The van der Waals surface area contributed by atoms with Gasteiger partial charge in [-0.3, -0.25) is 14.8 Å². The summed E-state index contributed by atoms with van der Waals surface area (Å²) < 4.78 is 6.50. The van der Waals surface area contributed by atoms with Crippen molar-refractivity contribution >= 4 is 11.5 Å². The highest BCUT2D eigenvalue weighted by Gasteiger charge is 2.22. The quantitative estimate of drug-likeness (QED) is 0.673. The van der Waals surface area contributed by atoms with Gasteiger partial charge in [0.2, 0.25) is 0 Å². The third kappa shape index (κ3) is 2.10. The number of aryl methyl sites for hydroxylation is 2. The Bertz CT molecular complexity index is 649. The van der Waals surface area contributed by atoms with E-state index < -0.39 is 4.92 Å². The minimum atomic E-state index is -0.455. The number of nitrogen functional groups attached to an aromatic ring is 1. The number of nitro groups is 1. The van der Waals surface area contributed by atoms with Crippen LogP contribution < -0.4 is 10.5 Å². The molecular weight excluding hydrogens is 248 g/mol. The van der Waals surface area contributed by atoms with Crippen LogP contribution in [0, 0.1) is 17.0 Å². The lowest BCUT2D eigenvalue weighted by atomic mass is 10.0. The molecule has 2 rings (SSSR count). The van der Waals surface area contributed by atoms with Crippen LogP contribution in [-0.2, 0) is 7.05 Å². The topological polar surface area (TPSA) is 96.2 Å². The summed E-state index contributed by atoms with van der Waals surface area (Å²) in [5.41, 5.74) is 7.53. The van der Waals surface area contributed by atoms with Gasteiger partial charge < -0.3 is 10.5 Å². The van der Waals surface area contributed by atoms with E-state index in [9.17, 15) is 10.1 Å². The SMILES string of the molecule is COc1ccc(-c2c(C)nn(C)c2N)c([N+](=O)[O-])c1. The second-order valence-corrected chi connectivity index (χ2v) is 4.11. The Morgan fingerprint density at radius 2 is 2.16 bits per heavy atom. The molecule has 0 spiro atoms. The molecule has 7 heteroatoms. The molecule has 2 N–H and O–H groups in total. The fourth-order valence-electron chi connectivity index (χ4n) is 2.01. The average Bonchev–Trinajstić information content (AvgIpc) is 2.62. The molecule has 19 heavy (non-hydrogen) atoms. The lowest BCUT2D eigenvalue weighted by molar-refractivity contribution is -0.384. The highest BCUT2D eigenvalue weighted by Crippen LogP contribution is 2.37. The van der Waals surface area contributed by atoms with Crippen molar-refractivity contribution in [3.8, 4) is 16.9 Å². The van der Waals surface area contributed by atoms with Gasteiger partial charge in [-0.25, -0.2) is 0 Å².